The zero-order valence-corrected chi connectivity index (χ0v) is 12.2. The summed E-state index contributed by atoms with van der Waals surface area (Å²) in [5.41, 5.74) is 1.74. The summed E-state index contributed by atoms with van der Waals surface area (Å²) in [6.45, 7) is 3.74. The van der Waals surface area contributed by atoms with E-state index in [2.05, 4.69) is 10.6 Å². The number of fused-ring (bicyclic) bond motifs is 1. The molecule has 0 saturated carbocycles. The molecule has 0 spiro atoms. The molecule has 5 nitrogen and oxygen atoms in total. The average molecular weight is 288 g/mol. The van der Waals surface area contributed by atoms with Crippen molar-refractivity contribution in [1.82, 2.24) is 4.57 Å². The molecule has 1 heterocycles. The molecule has 5 heteroatoms. The van der Waals surface area contributed by atoms with Crippen molar-refractivity contribution in [2.24, 2.45) is 0 Å². The van der Waals surface area contributed by atoms with Crippen LogP contribution in [0.3, 0.4) is 0 Å². The molecule has 0 radical (unpaired) electrons. The minimum absolute atomic E-state index is 0.576. The lowest BCUT2D eigenvalue weighted by Gasteiger charge is -2.07. The first-order valence-corrected chi connectivity index (χ1v) is 6.98. The lowest BCUT2D eigenvalue weighted by atomic mass is 10.2. The molecule has 0 bridgehead atoms. The minimum atomic E-state index is 0.576. The van der Waals surface area contributed by atoms with Crippen molar-refractivity contribution in [3.05, 3.63) is 36.0 Å². The number of aromatic nitrogens is 1. The summed E-state index contributed by atoms with van der Waals surface area (Å²) in [4.78, 5) is 0. The minimum Gasteiger partial charge on any atom is -0.382 e. The zero-order valence-electron chi connectivity index (χ0n) is 12.2. The van der Waals surface area contributed by atoms with Gasteiger partial charge in [0.15, 0.2) is 0 Å². The summed E-state index contributed by atoms with van der Waals surface area (Å²) in [6, 6.07) is 9.92. The highest BCUT2D eigenvalue weighted by Gasteiger charge is 2.02. The van der Waals surface area contributed by atoms with E-state index in [9.17, 15) is 0 Å². The van der Waals surface area contributed by atoms with Crippen molar-refractivity contribution >= 4 is 10.9 Å². The second kappa shape index (κ2) is 8.42. The fourth-order valence-electron chi connectivity index (χ4n) is 2.08. The Bertz CT molecular complexity index is 601. The highest BCUT2D eigenvalue weighted by Crippen LogP contribution is 2.17. The van der Waals surface area contributed by atoms with Crippen molar-refractivity contribution < 1.29 is 14.2 Å². The Balaban J connectivity index is 1.75. The van der Waals surface area contributed by atoms with Gasteiger partial charge in [-0.2, -0.15) is 5.26 Å². The van der Waals surface area contributed by atoms with E-state index < -0.39 is 0 Å². The molecular weight excluding hydrogens is 268 g/mol. The molecule has 112 valence electrons. The summed E-state index contributed by atoms with van der Waals surface area (Å²) in [5, 5.41) is 10.1. The Morgan fingerprint density at radius 1 is 1.05 bits per heavy atom. The normalized spacial score (nSPS) is 10.9. The fraction of sp³-hybridized carbons (Fsp3) is 0.438. The molecule has 0 fully saturated rings. The maximum Gasteiger partial charge on any atom is 0.0992 e. The van der Waals surface area contributed by atoms with E-state index in [0.29, 0.717) is 38.6 Å². The summed E-state index contributed by atoms with van der Waals surface area (Å²) < 4.78 is 17.8. The van der Waals surface area contributed by atoms with Crippen LogP contribution in [0.1, 0.15) is 5.56 Å². The van der Waals surface area contributed by atoms with Crippen molar-refractivity contribution in [1.29, 1.82) is 5.26 Å². The molecule has 1 aromatic heterocycles. The topological polar surface area (TPSA) is 56.4 Å². The molecule has 0 amide bonds. The quantitative estimate of drug-likeness (QED) is 0.664. The Kier molecular flexibility index (Phi) is 6.22. The predicted molar refractivity (Wildman–Crippen MR) is 80.2 cm³/mol. The third-order valence-corrected chi connectivity index (χ3v) is 3.18. The lowest BCUT2D eigenvalue weighted by Crippen LogP contribution is -2.11. The van der Waals surface area contributed by atoms with E-state index in [-0.39, 0.29) is 0 Å². The number of ether oxygens (including phenoxy) is 3. The van der Waals surface area contributed by atoms with Crippen LogP contribution in [0.2, 0.25) is 0 Å². The van der Waals surface area contributed by atoms with E-state index in [4.69, 9.17) is 19.5 Å². The van der Waals surface area contributed by atoms with Gasteiger partial charge in [0, 0.05) is 25.4 Å². The highest BCUT2D eigenvalue weighted by molar-refractivity contribution is 5.81. The van der Waals surface area contributed by atoms with Crippen LogP contribution >= 0.6 is 0 Å². The second-order valence-electron chi connectivity index (χ2n) is 4.61. The second-order valence-corrected chi connectivity index (χ2v) is 4.61. The molecule has 0 aliphatic carbocycles. The maximum atomic E-state index is 8.95. The van der Waals surface area contributed by atoms with Gasteiger partial charge in [-0.1, -0.05) is 6.07 Å². The molecule has 1 aromatic carbocycles. The zero-order chi connectivity index (χ0) is 14.9. The fourth-order valence-corrected chi connectivity index (χ4v) is 2.08. The van der Waals surface area contributed by atoms with Crippen LogP contribution in [-0.2, 0) is 20.8 Å². The van der Waals surface area contributed by atoms with Gasteiger partial charge in [0.25, 0.3) is 0 Å². The molecule has 21 heavy (non-hydrogen) atoms. The van der Waals surface area contributed by atoms with E-state index in [1.54, 1.807) is 7.11 Å². The van der Waals surface area contributed by atoms with Gasteiger partial charge in [-0.05, 0) is 23.6 Å². The summed E-state index contributed by atoms with van der Waals surface area (Å²) in [5.74, 6) is 0. The van der Waals surface area contributed by atoms with Crippen molar-refractivity contribution in [3.8, 4) is 6.07 Å². The van der Waals surface area contributed by atoms with Crippen molar-refractivity contribution in [2.45, 2.75) is 6.54 Å². The van der Waals surface area contributed by atoms with Gasteiger partial charge in [-0.25, -0.2) is 0 Å². The SMILES string of the molecule is COCCOCCOCCn1ccc2ccc(C#N)cc21. The van der Waals surface area contributed by atoms with E-state index >= 15 is 0 Å². The smallest absolute Gasteiger partial charge is 0.0992 e. The average Bonchev–Trinajstić information content (AvgIpc) is 2.92. The summed E-state index contributed by atoms with van der Waals surface area (Å²) >= 11 is 0. The summed E-state index contributed by atoms with van der Waals surface area (Å²) in [6.07, 6.45) is 2.02. The van der Waals surface area contributed by atoms with Crippen molar-refractivity contribution in [2.75, 3.05) is 40.1 Å². The predicted octanol–water partition coefficient (Wildman–Crippen LogP) is 2.19. The molecular formula is C16H20N2O3. The first-order chi connectivity index (χ1) is 10.3. The van der Waals surface area contributed by atoms with Gasteiger partial charge in [0.2, 0.25) is 0 Å². The number of hydrogen-bond donors (Lipinski definition) is 0. The van der Waals surface area contributed by atoms with Crippen LogP contribution in [0.25, 0.3) is 10.9 Å². The van der Waals surface area contributed by atoms with Crippen molar-refractivity contribution in [3.63, 3.8) is 0 Å². The van der Waals surface area contributed by atoms with Crippen LogP contribution in [0, 0.1) is 11.3 Å². The molecule has 0 N–H and O–H groups in total. The van der Waals surface area contributed by atoms with E-state index in [1.807, 2.05) is 30.5 Å². The van der Waals surface area contributed by atoms with Crippen LogP contribution in [0.15, 0.2) is 30.5 Å². The molecule has 0 atom stereocenters. The Hall–Kier alpha value is -1.87. The standard InChI is InChI=1S/C16H20N2O3/c1-19-8-9-21-11-10-20-7-6-18-5-4-15-3-2-14(13-17)12-16(15)18/h2-5,12H,6-11H2,1H3. The van der Waals surface area contributed by atoms with E-state index in [0.717, 1.165) is 17.4 Å². The number of nitrogens with zero attached hydrogens (tertiary/aromatic N) is 2. The van der Waals surface area contributed by atoms with Gasteiger partial charge in [-0.15, -0.1) is 0 Å². The first-order valence-electron chi connectivity index (χ1n) is 6.98. The highest BCUT2D eigenvalue weighted by atomic mass is 16.5. The Labute approximate surface area is 124 Å². The van der Waals surface area contributed by atoms with E-state index in [1.165, 1.54) is 0 Å². The Morgan fingerprint density at radius 3 is 2.57 bits per heavy atom. The Morgan fingerprint density at radius 2 is 1.81 bits per heavy atom. The van der Waals surface area contributed by atoms with Gasteiger partial charge < -0.3 is 18.8 Å². The number of hydrogen-bond acceptors (Lipinski definition) is 4. The first kappa shape index (κ1) is 15.5. The largest absolute Gasteiger partial charge is 0.382 e. The monoisotopic (exact) mass is 288 g/mol. The van der Waals surface area contributed by atoms with Gasteiger partial charge in [0.1, 0.15) is 0 Å². The van der Waals surface area contributed by atoms with Gasteiger partial charge in [-0.3, -0.25) is 0 Å². The third-order valence-electron chi connectivity index (χ3n) is 3.18. The molecule has 0 aliphatic rings. The number of rotatable bonds is 9. The number of nitriles is 1. The molecule has 2 rings (SSSR count). The molecule has 2 aromatic rings. The third kappa shape index (κ3) is 4.57. The molecule has 0 aliphatic heterocycles. The van der Waals surface area contributed by atoms with Crippen LogP contribution < -0.4 is 0 Å². The summed E-state index contributed by atoms with van der Waals surface area (Å²) in [7, 11) is 1.65. The van der Waals surface area contributed by atoms with Crippen LogP contribution in [0.5, 0.6) is 0 Å². The van der Waals surface area contributed by atoms with Gasteiger partial charge in [0.05, 0.1) is 44.7 Å². The number of methoxy groups -OCH3 is 1. The van der Waals surface area contributed by atoms with Crippen LogP contribution in [0.4, 0.5) is 0 Å². The molecule has 0 unspecified atom stereocenters. The maximum absolute atomic E-state index is 8.95. The molecule has 0 saturated heterocycles. The van der Waals surface area contributed by atoms with Crippen LogP contribution in [-0.4, -0.2) is 44.7 Å². The number of benzene rings is 1. The lowest BCUT2D eigenvalue weighted by molar-refractivity contribution is 0.0232. The van der Waals surface area contributed by atoms with Gasteiger partial charge >= 0.3 is 0 Å².